The summed E-state index contributed by atoms with van der Waals surface area (Å²) in [5, 5.41) is 8.62. The Labute approximate surface area is 492 Å². The number of halogens is 3. The number of anilines is 3. The molecule has 3 N–H and O–H groups in total. The van der Waals surface area contributed by atoms with Gasteiger partial charge in [0.2, 0.25) is 0 Å². The summed E-state index contributed by atoms with van der Waals surface area (Å²) in [5.41, 5.74) is 7.96. The van der Waals surface area contributed by atoms with Gasteiger partial charge in [-0.3, -0.25) is 44.3 Å². The van der Waals surface area contributed by atoms with Crippen LogP contribution in [0.2, 0.25) is 5.02 Å². The Morgan fingerprint density at radius 3 is 1.40 bits per heavy atom. The molecule has 4 unspecified atom stereocenters. The molecule has 85 heavy (non-hydrogen) atoms. The number of benzene rings is 3. The third kappa shape index (κ3) is 13.2. The number of aryl methyl sites for hydroxylation is 3. The molecule has 3 amide bonds. The highest BCUT2D eigenvalue weighted by atomic mass is 35.5. The molecule has 3 saturated carbocycles. The number of nitrogens with zero attached hydrogens (tertiary/aromatic N) is 9. The first kappa shape index (κ1) is 55.8. The van der Waals surface area contributed by atoms with Gasteiger partial charge in [-0.05, 0) is 149 Å². The first-order valence-electron chi connectivity index (χ1n) is 27.8. The van der Waals surface area contributed by atoms with Gasteiger partial charge in [0, 0.05) is 52.6 Å². The summed E-state index contributed by atoms with van der Waals surface area (Å²) in [5.74, 6) is 0.717. The molecule has 3 aliphatic carbocycles. The summed E-state index contributed by atoms with van der Waals surface area (Å²) in [4.78, 5) is 78.1. The van der Waals surface area contributed by atoms with Crippen LogP contribution in [0.1, 0.15) is 97.4 Å². The highest BCUT2D eigenvalue weighted by Crippen LogP contribution is 2.43. The first-order chi connectivity index (χ1) is 41.3. The molecule has 21 heteroatoms. The van der Waals surface area contributed by atoms with E-state index < -0.39 is 23.4 Å². The van der Waals surface area contributed by atoms with E-state index in [1.807, 2.05) is 43.3 Å². The standard InChI is InChI=1S/C64H55ClF2N12O6/c1-34-16-17-68-23-48(34)62(80)77-59-31-71-54(28-74-59)45-20-42(83-41-12-13-41)10-8-37(45)4-6-39-18-57(39)84-43-11-9-38(46(21-43)55-29-75-60(32-72-55)78-63(81)49-24-69-26-52(66)35(49)2)5-7-40-19-58(40)85-44-14-15-51(65)47(22-44)56-30-76-61(33-73-56)79-64(82)50-25-70-27-53(67)36(50)3/h8-11,14-17,20-33,39-41,57-58H,4-7,12-13,18-19H2,1-3H3,(H,74,77,80)(H,75,78,81)(H,76,79,82). The largest absolute Gasteiger partial charge is 0.490 e. The molecule has 18 nitrogen and oxygen atoms in total. The van der Waals surface area contributed by atoms with Gasteiger partial charge in [0.1, 0.15) is 41.1 Å². The minimum atomic E-state index is -0.587. The summed E-state index contributed by atoms with van der Waals surface area (Å²) < 4.78 is 47.7. The number of nitrogens with one attached hydrogen (secondary N) is 3. The molecule has 428 valence electrons. The molecule has 0 aliphatic heterocycles. The van der Waals surface area contributed by atoms with Crippen molar-refractivity contribution < 1.29 is 37.4 Å². The van der Waals surface area contributed by atoms with E-state index >= 15 is 0 Å². The fourth-order valence-corrected chi connectivity index (χ4v) is 10.2. The molecule has 3 aliphatic rings. The second-order valence-electron chi connectivity index (χ2n) is 21.5. The van der Waals surface area contributed by atoms with E-state index in [1.165, 1.54) is 51.0 Å². The van der Waals surface area contributed by atoms with Crippen LogP contribution in [0.5, 0.6) is 17.2 Å². The van der Waals surface area contributed by atoms with Gasteiger partial charge >= 0.3 is 0 Å². The average Bonchev–Trinajstić information content (AvgIpc) is 4.59. The molecular weight excluding hydrogens is 1110 g/mol. The number of aromatic nitrogens is 9. The highest BCUT2D eigenvalue weighted by molar-refractivity contribution is 6.33. The zero-order valence-electron chi connectivity index (χ0n) is 46.4. The van der Waals surface area contributed by atoms with E-state index in [-0.39, 0.29) is 64.0 Å². The molecule has 0 bridgehead atoms. The predicted octanol–water partition coefficient (Wildman–Crippen LogP) is 12.2. The smallest absolute Gasteiger partial charge is 0.258 e. The van der Waals surface area contributed by atoms with Gasteiger partial charge < -0.3 is 30.2 Å². The quantitative estimate of drug-likeness (QED) is 0.0607. The maximum absolute atomic E-state index is 14.3. The summed E-state index contributed by atoms with van der Waals surface area (Å²) in [6, 6.07) is 19.3. The van der Waals surface area contributed by atoms with Crippen molar-refractivity contribution in [3.63, 3.8) is 0 Å². The zero-order valence-corrected chi connectivity index (χ0v) is 47.1. The second kappa shape index (κ2) is 24.3. The van der Waals surface area contributed by atoms with Gasteiger partial charge in [0.05, 0.1) is 94.5 Å². The van der Waals surface area contributed by atoms with Gasteiger partial charge in [-0.25, -0.2) is 23.7 Å². The van der Waals surface area contributed by atoms with Gasteiger partial charge in [0.15, 0.2) is 17.5 Å². The lowest BCUT2D eigenvalue weighted by atomic mass is 9.98. The van der Waals surface area contributed by atoms with Crippen molar-refractivity contribution in [2.45, 2.75) is 90.4 Å². The van der Waals surface area contributed by atoms with E-state index in [4.69, 9.17) is 35.8 Å². The Morgan fingerprint density at radius 2 is 0.941 bits per heavy atom. The third-order valence-electron chi connectivity index (χ3n) is 15.4. The van der Waals surface area contributed by atoms with Crippen LogP contribution in [0.4, 0.5) is 26.2 Å². The van der Waals surface area contributed by atoms with Crippen molar-refractivity contribution in [1.29, 1.82) is 0 Å². The number of amides is 3. The fourth-order valence-electron chi connectivity index (χ4n) is 9.99. The fraction of sp³-hybridized carbons (Fsp3) is 0.250. The molecule has 6 aromatic heterocycles. The van der Waals surface area contributed by atoms with E-state index in [1.54, 1.807) is 36.9 Å². The van der Waals surface area contributed by atoms with Crippen molar-refractivity contribution in [3.05, 3.63) is 196 Å². The Balaban J connectivity index is 0.707. The lowest BCUT2D eigenvalue weighted by Crippen LogP contribution is -2.15. The van der Waals surface area contributed by atoms with Crippen LogP contribution in [0.15, 0.2) is 135 Å². The van der Waals surface area contributed by atoms with Crippen molar-refractivity contribution >= 4 is 46.8 Å². The van der Waals surface area contributed by atoms with Gasteiger partial charge in [-0.2, -0.15) is 0 Å². The molecule has 0 radical (unpaired) electrons. The average molecular weight is 1160 g/mol. The van der Waals surface area contributed by atoms with Crippen LogP contribution in [0, 0.1) is 44.2 Å². The van der Waals surface area contributed by atoms with Crippen molar-refractivity contribution in [1.82, 2.24) is 44.9 Å². The highest BCUT2D eigenvalue weighted by Gasteiger charge is 2.40. The van der Waals surface area contributed by atoms with Crippen LogP contribution in [0.3, 0.4) is 0 Å². The monoisotopic (exact) mass is 1160 g/mol. The van der Waals surface area contributed by atoms with E-state index in [0.29, 0.717) is 62.9 Å². The molecule has 3 aromatic carbocycles. The van der Waals surface area contributed by atoms with Crippen LogP contribution in [-0.2, 0) is 12.8 Å². The number of hydrogen-bond donors (Lipinski definition) is 3. The van der Waals surface area contributed by atoms with Crippen LogP contribution < -0.4 is 30.2 Å². The van der Waals surface area contributed by atoms with E-state index in [0.717, 1.165) is 90.9 Å². The Hall–Kier alpha value is -9.69. The second-order valence-corrected chi connectivity index (χ2v) is 21.9. The molecule has 12 rings (SSSR count). The van der Waals surface area contributed by atoms with Crippen LogP contribution in [0.25, 0.3) is 33.8 Å². The molecule has 6 heterocycles. The number of rotatable bonds is 21. The summed E-state index contributed by atoms with van der Waals surface area (Å²) in [6.07, 6.45) is 24.1. The van der Waals surface area contributed by atoms with Crippen LogP contribution >= 0.6 is 11.6 Å². The summed E-state index contributed by atoms with van der Waals surface area (Å²) in [7, 11) is 0. The molecule has 9 aromatic rings. The van der Waals surface area contributed by atoms with E-state index in [2.05, 4.69) is 63.0 Å². The van der Waals surface area contributed by atoms with Gasteiger partial charge in [-0.15, -0.1) is 0 Å². The number of pyridine rings is 3. The molecule has 3 fully saturated rings. The van der Waals surface area contributed by atoms with Crippen molar-refractivity contribution in [2.24, 2.45) is 11.8 Å². The van der Waals surface area contributed by atoms with Crippen molar-refractivity contribution in [2.75, 3.05) is 16.0 Å². The summed E-state index contributed by atoms with van der Waals surface area (Å²) in [6.45, 7) is 4.87. The number of ether oxygens (including phenoxy) is 3. The first-order valence-corrected chi connectivity index (χ1v) is 28.2. The lowest BCUT2D eigenvalue weighted by Gasteiger charge is -2.14. The minimum Gasteiger partial charge on any atom is -0.490 e. The molecular formula is C64H55ClF2N12O6. The third-order valence-corrected chi connectivity index (χ3v) is 15.7. The Bertz CT molecular complexity index is 4010. The van der Waals surface area contributed by atoms with E-state index in [9.17, 15) is 23.2 Å². The molecule has 0 saturated heterocycles. The SMILES string of the molecule is Cc1ccncc1C(=O)Nc1cnc(-c2cc(OC3CC3)ccc2CCC2CC2Oc2ccc(CCC3CC3Oc3ccc(Cl)c(-c4cnc(NC(=O)c5cncc(F)c5C)cn4)c3)c(-c3cnc(NC(=O)c4cncc(F)c4C)cn3)c2)cn1. The number of carbonyl (C=O) groups excluding carboxylic acids is 3. The number of hydrogen-bond acceptors (Lipinski definition) is 15. The summed E-state index contributed by atoms with van der Waals surface area (Å²) >= 11 is 6.65. The minimum absolute atomic E-state index is 0.0116. The Kier molecular flexibility index (Phi) is 15.9. The normalized spacial score (nSPS) is 16.7. The Morgan fingerprint density at radius 1 is 0.506 bits per heavy atom. The molecule has 4 atom stereocenters. The zero-order chi connectivity index (χ0) is 58.7. The topological polar surface area (TPSA) is 231 Å². The lowest BCUT2D eigenvalue weighted by molar-refractivity contribution is 0.101. The number of carbonyl (C=O) groups is 3. The van der Waals surface area contributed by atoms with Crippen molar-refractivity contribution in [3.8, 4) is 51.0 Å². The molecule has 0 spiro atoms. The maximum Gasteiger partial charge on any atom is 0.258 e. The van der Waals surface area contributed by atoms with Gasteiger partial charge in [-0.1, -0.05) is 23.7 Å². The maximum atomic E-state index is 14.3. The van der Waals surface area contributed by atoms with Gasteiger partial charge in [0.25, 0.3) is 17.7 Å². The predicted molar refractivity (Wildman–Crippen MR) is 313 cm³/mol. The van der Waals surface area contributed by atoms with Crippen LogP contribution in [-0.4, -0.2) is 80.9 Å².